The van der Waals surface area contributed by atoms with Crippen LogP contribution in [0.2, 0.25) is 5.15 Å². The van der Waals surface area contributed by atoms with Crippen LogP contribution in [-0.2, 0) is 5.75 Å². The molecule has 0 amide bonds. The van der Waals surface area contributed by atoms with Crippen LogP contribution in [0.3, 0.4) is 0 Å². The van der Waals surface area contributed by atoms with Crippen LogP contribution in [0.15, 0.2) is 35.5 Å². The maximum atomic E-state index is 5.99. The summed E-state index contributed by atoms with van der Waals surface area (Å²) in [6, 6.07) is 6.01. The highest BCUT2D eigenvalue weighted by molar-refractivity contribution is 7.98. The second kappa shape index (κ2) is 5.38. The zero-order valence-electron chi connectivity index (χ0n) is 9.35. The first-order valence-electron chi connectivity index (χ1n) is 5.11. The van der Waals surface area contributed by atoms with Crippen molar-refractivity contribution in [3.05, 3.63) is 47.0 Å². The van der Waals surface area contributed by atoms with Crippen molar-refractivity contribution in [2.75, 3.05) is 5.73 Å². The first-order chi connectivity index (χ1) is 8.16. The predicted molar refractivity (Wildman–Crippen MR) is 72.2 cm³/mol. The van der Waals surface area contributed by atoms with Gasteiger partial charge in [-0.25, -0.2) is 4.98 Å². The molecule has 0 aliphatic heterocycles. The van der Waals surface area contributed by atoms with Crippen LogP contribution in [0.5, 0.6) is 0 Å². The lowest BCUT2D eigenvalue weighted by molar-refractivity contribution is 1.10. The Morgan fingerprint density at radius 1 is 1.29 bits per heavy atom. The van der Waals surface area contributed by atoms with Gasteiger partial charge in [0.2, 0.25) is 0 Å². The standard InChI is InChI=1S/C12H12ClN3S/c1-8-3-2-4-10(12(8)14)17-7-9-5-16-11(13)6-15-9/h2-6H,7,14H2,1H3. The highest BCUT2D eigenvalue weighted by atomic mass is 35.5. The number of rotatable bonds is 3. The second-order valence-electron chi connectivity index (χ2n) is 3.61. The molecule has 17 heavy (non-hydrogen) atoms. The number of nitrogens with zero attached hydrogens (tertiary/aromatic N) is 2. The number of halogens is 1. The molecule has 2 aromatic rings. The van der Waals surface area contributed by atoms with Crippen molar-refractivity contribution in [3.8, 4) is 0 Å². The molecule has 0 radical (unpaired) electrons. The average molecular weight is 266 g/mol. The van der Waals surface area contributed by atoms with E-state index in [1.807, 2.05) is 25.1 Å². The molecule has 0 saturated heterocycles. The normalized spacial score (nSPS) is 10.5. The van der Waals surface area contributed by atoms with Gasteiger partial charge in [0, 0.05) is 16.3 Å². The van der Waals surface area contributed by atoms with Crippen molar-refractivity contribution < 1.29 is 0 Å². The van der Waals surface area contributed by atoms with Crippen molar-refractivity contribution >= 4 is 29.1 Å². The van der Waals surface area contributed by atoms with Gasteiger partial charge in [-0.1, -0.05) is 23.7 Å². The van der Waals surface area contributed by atoms with E-state index in [2.05, 4.69) is 9.97 Å². The van der Waals surface area contributed by atoms with E-state index in [0.29, 0.717) is 5.15 Å². The fourth-order valence-corrected chi connectivity index (χ4v) is 2.39. The fourth-order valence-electron chi connectivity index (χ4n) is 1.34. The number of benzene rings is 1. The zero-order valence-corrected chi connectivity index (χ0v) is 10.9. The van der Waals surface area contributed by atoms with Gasteiger partial charge in [0.05, 0.1) is 18.1 Å². The lowest BCUT2D eigenvalue weighted by Gasteiger charge is -2.07. The molecule has 0 spiro atoms. The third-order valence-electron chi connectivity index (χ3n) is 2.33. The van der Waals surface area contributed by atoms with E-state index < -0.39 is 0 Å². The Bertz CT molecular complexity index is 514. The van der Waals surface area contributed by atoms with E-state index in [0.717, 1.165) is 27.6 Å². The van der Waals surface area contributed by atoms with Gasteiger partial charge in [-0.2, -0.15) is 0 Å². The van der Waals surface area contributed by atoms with Gasteiger partial charge in [0.25, 0.3) is 0 Å². The predicted octanol–water partition coefficient (Wildman–Crippen LogP) is 3.31. The first kappa shape index (κ1) is 12.2. The largest absolute Gasteiger partial charge is 0.398 e. The highest BCUT2D eigenvalue weighted by Gasteiger charge is 2.03. The monoisotopic (exact) mass is 265 g/mol. The van der Waals surface area contributed by atoms with Gasteiger partial charge >= 0.3 is 0 Å². The number of hydrogen-bond donors (Lipinski definition) is 1. The van der Waals surface area contributed by atoms with Gasteiger partial charge in [0.15, 0.2) is 0 Å². The van der Waals surface area contributed by atoms with Crippen molar-refractivity contribution in [3.63, 3.8) is 0 Å². The Balaban J connectivity index is 2.07. The van der Waals surface area contributed by atoms with Crippen LogP contribution in [0.1, 0.15) is 11.3 Å². The quantitative estimate of drug-likeness (QED) is 0.683. The Hall–Kier alpha value is -1.26. The molecule has 0 bridgehead atoms. The van der Waals surface area contributed by atoms with Crippen LogP contribution in [0.4, 0.5) is 5.69 Å². The SMILES string of the molecule is Cc1cccc(SCc2cnc(Cl)cn2)c1N. The summed E-state index contributed by atoms with van der Waals surface area (Å²) < 4.78 is 0. The van der Waals surface area contributed by atoms with Gasteiger partial charge in [-0.15, -0.1) is 11.8 Å². The first-order valence-corrected chi connectivity index (χ1v) is 6.47. The number of aryl methyl sites for hydroxylation is 1. The summed E-state index contributed by atoms with van der Waals surface area (Å²) in [6.07, 6.45) is 3.23. The highest BCUT2D eigenvalue weighted by Crippen LogP contribution is 2.29. The van der Waals surface area contributed by atoms with Crippen LogP contribution >= 0.6 is 23.4 Å². The lowest BCUT2D eigenvalue weighted by Crippen LogP contribution is -1.93. The number of thioether (sulfide) groups is 1. The van der Waals surface area contributed by atoms with Gasteiger partial charge in [0.1, 0.15) is 5.15 Å². The van der Waals surface area contributed by atoms with E-state index in [4.69, 9.17) is 17.3 Å². The molecule has 2 rings (SSSR count). The van der Waals surface area contributed by atoms with Gasteiger partial charge < -0.3 is 5.73 Å². The molecule has 1 aromatic carbocycles. The van der Waals surface area contributed by atoms with Crippen molar-refractivity contribution in [2.24, 2.45) is 0 Å². The summed E-state index contributed by atoms with van der Waals surface area (Å²) in [5.74, 6) is 0.734. The molecular weight excluding hydrogens is 254 g/mol. The summed E-state index contributed by atoms with van der Waals surface area (Å²) >= 11 is 7.32. The molecule has 0 aliphatic carbocycles. The van der Waals surface area contributed by atoms with E-state index in [1.165, 1.54) is 0 Å². The Morgan fingerprint density at radius 2 is 2.12 bits per heavy atom. The third kappa shape index (κ3) is 3.11. The molecule has 0 saturated carbocycles. The Morgan fingerprint density at radius 3 is 2.82 bits per heavy atom. The number of hydrogen-bond acceptors (Lipinski definition) is 4. The minimum Gasteiger partial charge on any atom is -0.398 e. The number of para-hydroxylation sites is 1. The topological polar surface area (TPSA) is 51.8 Å². The molecule has 0 unspecified atom stereocenters. The summed E-state index contributed by atoms with van der Waals surface area (Å²) in [4.78, 5) is 9.25. The van der Waals surface area contributed by atoms with E-state index in [9.17, 15) is 0 Å². The van der Waals surface area contributed by atoms with Crippen LogP contribution in [0, 0.1) is 6.92 Å². The molecule has 2 N–H and O–H groups in total. The van der Waals surface area contributed by atoms with E-state index >= 15 is 0 Å². The number of nitrogen functional groups attached to an aromatic ring is 1. The molecule has 1 heterocycles. The number of anilines is 1. The average Bonchev–Trinajstić information content (AvgIpc) is 2.33. The molecule has 0 atom stereocenters. The molecule has 3 nitrogen and oxygen atoms in total. The lowest BCUT2D eigenvalue weighted by atomic mass is 10.2. The zero-order chi connectivity index (χ0) is 12.3. The minimum absolute atomic E-state index is 0.411. The summed E-state index contributed by atoms with van der Waals surface area (Å²) in [6.45, 7) is 2.00. The molecular formula is C12H12ClN3S. The minimum atomic E-state index is 0.411. The summed E-state index contributed by atoms with van der Waals surface area (Å²) in [5, 5.41) is 0.411. The number of aromatic nitrogens is 2. The van der Waals surface area contributed by atoms with Crippen LogP contribution < -0.4 is 5.73 Å². The second-order valence-corrected chi connectivity index (χ2v) is 5.01. The van der Waals surface area contributed by atoms with Crippen molar-refractivity contribution in [1.29, 1.82) is 0 Å². The summed E-state index contributed by atoms with van der Waals surface area (Å²) in [5.41, 5.74) is 8.81. The maximum Gasteiger partial charge on any atom is 0.147 e. The molecule has 0 fully saturated rings. The molecule has 88 valence electrons. The molecule has 1 aromatic heterocycles. The maximum absolute atomic E-state index is 5.99. The molecule has 0 aliphatic rings. The van der Waals surface area contributed by atoms with E-state index in [1.54, 1.807) is 24.2 Å². The van der Waals surface area contributed by atoms with Gasteiger partial charge in [-0.05, 0) is 18.6 Å². The Kier molecular flexibility index (Phi) is 3.86. The number of nitrogens with two attached hydrogens (primary N) is 1. The summed E-state index contributed by atoms with van der Waals surface area (Å²) in [7, 11) is 0. The van der Waals surface area contributed by atoms with Crippen molar-refractivity contribution in [2.45, 2.75) is 17.6 Å². The van der Waals surface area contributed by atoms with Gasteiger partial charge in [-0.3, -0.25) is 4.98 Å². The smallest absolute Gasteiger partial charge is 0.147 e. The Labute approximate surface area is 109 Å². The van der Waals surface area contributed by atoms with Crippen molar-refractivity contribution in [1.82, 2.24) is 9.97 Å². The fraction of sp³-hybridized carbons (Fsp3) is 0.167. The third-order valence-corrected chi connectivity index (χ3v) is 3.64. The van der Waals surface area contributed by atoms with Crippen LogP contribution in [-0.4, -0.2) is 9.97 Å². The van der Waals surface area contributed by atoms with E-state index in [-0.39, 0.29) is 0 Å². The van der Waals surface area contributed by atoms with Crippen LogP contribution in [0.25, 0.3) is 0 Å². The molecule has 5 heteroatoms.